The lowest BCUT2D eigenvalue weighted by Gasteiger charge is -2.16. The van der Waals surface area contributed by atoms with Crippen molar-refractivity contribution in [3.63, 3.8) is 0 Å². The summed E-state index contributed by atoms with van der Waals surface area (Å²) in [5.74, 6) is 2.49. The summed E-state index contributed by atoms with van der Waals surface area (Å²) in [6.07, 6.45) is 7.73. The fourth-order valence-corrected chi connectivity index (χ4v) is 3.78. The molecule has 1 heterocycles. The van der Waals surface area contributed by atoms with E-state index >= 15 is 0 Å². The Morgan fingerprint density at radius 2 is 1.19 bits per heavy atom. The molecule has 0 radical (unpaired) electrons. The molecule has 3 rings (SSSR count). The van der Waals surface area contributed by atoms with Gasteiger partial charge in [0.2, 0.25) is 11.2 Å². The maximum Gasteiger partial charge on any atom is 0.239 e. The number of benzene rings is 2. The summed E-state index contributed by atoms with van der Waals surface area (Å²) in [5, 5.41) is 0.383. The second-order valence-corrected chi connectivity index (χ2v) is 9.22. The molecule has 6 nitrogen and oxygen atoms in total. The van der Waals surface area contributed by atoms with Crippen LogP contribution in [0.2, 0.25) is 0 Å². The molecule has 6 heteroatoms. The topological polar surface area (TPSA) is 67.1 Å². The zero-order chi connectivity index (χ0) is 26.5. The van der Waals surface area contributed by atoms with Gasteiger partial charge >= 0.3 is 0 Å². The van der Waals surface area contributed by atoms with Crippen LogP contribution in [0.15, 0.2) is 45.6 Å². The third-order valence-electron chi connectivity index (χ3n) is 6.04. The highest BCUT2D eigenvalue weighted by molar-refractivity contribution is 5.88. The van der Waals surface area contributed by atoms with Gasteiger partial charge in [0.05, 0.1) is 26.4 Å². The van der Waals surface area contributed by atoms with Gasteiger partial charge in [-0.15, -0.1) is 0 Å². The van der Waals surface area contributed by atoms with Crippen LogP contribution in [0.4, 0.5) is 0 Å². The minimum Gasteiger partial charge on any atom is -0.494 e. The van der Waals surface area contributed by atoms with E-state index in [1.807, 2.05) is 24.3 Å². The molecule has 0 saturated heterocycles. The molecule has 0 aliphatic carbocycles. The normalized spacial score (nSPS) is 11.0. The van der Waals surface area contributed by atoms with Crippen LogP contribution in [0.25, 0.3) is 22.3 Å². The van der Waals surface area contributed by atoms with Gasteiger partial charge in [0.25, 0.3) is 0 Å². The van der Waals surface area contributed by atoms with E-state index in [9.17, 15) is 4.79 Å². The molecule has 0 unspecified atom stereocenters. The SMILES string of the molecule is CCCCOc1ccc(-c2oc3cc(OCCCC)cc(OCCCC)c3c(=O)c2OCCCC)cc1. The Kier molecular flexibility index (Phi) is 11.7. The lowest BCUT2D eigenvalue weighted by molar-refractivity contribution is 0.292. The summed E-state index contributed by atoms with van der Waals surface area (Å²) in [4.78, 5) is 13.9. The summed E-state index contributed by atoms with van der Waals surface area (Å²) in [5.41, 5.74) is 0.938. The van der Waals surface area contributed by atoms with E-state index in [1.165, 1.54) is 0 Å². The number of fused-ring (bicyclic) bond motifs is 1. The number of unbranched alkanes of at least 4 members (excludes halogenated alkanes) is 4. The summed E-state index contributed by atoms with van der Waals surface area (Å²) in [6.45, 7) is 10.7. The summed E-state index contributed by atoms with van der Waals surface area (Å²) in [7, 11) is 0. The van der Waals surface area contributed by atoms with Crippen molar-refractivity contribution in [1.29, 1.82) is 0 Å². The van der Waals surface area contributed by atoms with Gasteiger partial charge in [-0.05, 0) is 49.9 Å². The molecule has 0 spiro atoms. The van der Waals surface area contributed by atoms with Gasteiger partial charge in [0.1, 0.15) is 28.2 Å². The van der Waals surface area contributed by atoms with Crippen molar-refractivity contribution >= 4 is 11.0 Å². The molecular formula is C31H42O6. The molecule has 3 aromatic rings. The molecule has 0 fully saturated rings. The van der Waals surface area contributed by atoms with Crippen LogP contribution in [0, 0.1) is 0 Å². The average Bonchev–Trinajstić information content (AvgIpc) is 2.90. The third-order valence-corrected chi connectivity index (χ3v) is 6.04. The van der Waals surface area contributed by atoms with Gasteiger partial charge in [-0.3, -0.25) is 4.79 Å². The highest BCUT2D eigenvalue weighted by atomic mass is 16.5. The average molecular weight is 511 g/mol. The van der Waals surface area contributed by atoms with Crippen LogP contribution < -0.4 is 24.4 Å². The summed E-state index contributed by atoms with van der Waals surface area (Å²) >= 11 is 0. The molecular weight excluding hydrogens is 468 g/mol. The van der Waals surface area contributed by atoms with Crippen molar-refractivity contribution in [2.45, 2.75) is 79.1 Å². The van der Waals surface area contributed by atoms with E-state index in [0.29, 0.717) is 54.7 Å². The van der Waals surface area contributed by atoms with Crippen molar-refractivity contribution in [2.75, 3.05) is 26.4 Å². The van der Waals surface area contributed by atoms with Crippen LogP contribution in [-0.4, -0.2) is 26.4 Å². The standard InChI is InChI=1S/C31H42O6/c1-5-9-17-33-24-15-13-23(14-16-24)30-31(36-20-12-8-4)29(32)28-26(35-19-11-7-3)21-25(22-27(28)37-30)34-18-10-6-2/h13-16,21-22H,5-12,17-20H2,1-4H3. The van der Waals surface area contributed by atoms with Crippen LogP contribution in [0.1, 0.15) is 79.1 Å². The summed E-state index contributed by atoms with van der Waals surface area (Å²) in [6, 6.07) is 11.2. The molecule has 0 bridgehead atoms. The Hall–Kier alpha value is -3.15. The van der Waals surface area contributed by atoms with E-state index in [1.54, 1.807) is 12.1 Å². The molecule has 2 aromatic carbocycles. The van der Waals surface area contributed by atoms with E-state index in [-0.39, 0.29) is 11.2 Å². The van der Waals surface area contributed by atoms with Gasteiger partial charge in [-0.25, -0.2) is 0 Å². The highest BCUT2D eigenvalue weighted by Crippen LogP contribution is 2.37. The first-order valence-electron chi connectivity index (χ1n) is 13.9. The largest absolute Gasteiger partial charge is 0.494 e. The first-order valence-corrected chi connectivity index (χ1v) is 13.9. The van der Waals surface area contributed by atoms with E-state index < -0.39 is 0 Å². The first kappa shape index (κ1) is 28.4. The zero-order valence-corrected chi connectivity index (χ0v) is 22.9. The van der Waals surface area contributed by atoms with Gasteiger partial charge in [-0.1, -0.05) is 53.4 Å². The van der Waals surface area contributed by atoms with Crippen molar-refractivity contribution in [3.8, 4) is 34.3 Å². The monoisotopic (exact) mass is 510 g/mol. The fourth-order valence-electron chi connectivity index (χ4n) is 3.78. The first-order chi connectivity index (χ1) is 18.1. The smallest absolute Gasteiger partial charge is 0.239 e. The molecule has 0 N–H and O–H groups in total. The predicted molar refractivity (Wildman–Crippen MR) is 150 cm³/mol. The second kappa shape index (κ2) is 15.2. The molecule has 202 valence electrons. The Morgan fingerprint density at radius 3 is 1.78 bits per heavy atom. The second-order valence-electron chi connectivity index (χ2n) is 9.22. The Balaban J connectivity index is 2.10. The fraction of sp³-hybridized carbons (Fsp3) is 0.516. The molecule has 0 amide bonds. The quantitative estimate of drug-likeness (QED) is 0.171. The van der Waals surface area contributed by atoms with Gasteiger partial charge in [-0.2, -0.15) is 0 Å². The number of ether oxygens (including phenoxy) is 4. The number of hydrogen-bond donors (Lipinski definition) is 0. The molecule has 0 aliphatic rings. The zero-order valence-electron chi connectivity index (χ0n) is 22.9. The molecule has 0 atom stereocenters. The Morgan fingerprint density at radius 1 is 0.649 bits per heavy atom. The van der Waals surface area contributed by atoms with E-state index in [2.05, 4.69) is 27.7 Å². The minimum atomic E-state index is -0.234. The van der Waals surface area contributed by atoms with Crippen LogP contribution in [-0.2, 0) is 0 Å². The van der Waals surface area contributed by atoms with Crippen molar-refractivity contribution in [1.82, 2.24) is 0 Å². The van der Waals surface area contributed by atoms with Crippen LogP contribution >= 0.6 is 0 Å². The van der Waals surface area contributed by atoms with Crippen molar-refractivity contribution in [3.05, 3.63) is 46.6 Å². The Bertz CT molecular complexity index is 1150. The van der Waals surface area contributed by atoms with E-state index in [4.69, 9.17) is 23.4 Å². The highest BCUT2D eigenvalue weighted by Gasteiger charge is 2.22. The lowest BCUT2D eigenvalue weighted by Crippen LogP contribution is -2.13. The number of rotatable bonds is 17. The minimum absolute atomic E-state index is 0.209. The van der Waals surface area contributed by atoms with Gasteiger partial charge < -0.3 is 23.4 Å². The van der Waals surface area contributed by atoms with Crippen molar-refractivity contribution < 1.29 is 23.4 Å². The third kappa shape index (κ3) is 7.91. The maximum atomic E-state index is 13.9. The molecule has 1 aromatic heterocycles. The van der Waals surface area contributed by atoms with Crippen LogP contribution in [0.3, 0.4) is 0 Å². The number of hydrogen-bond acceptors (Lipinski definition) is 6. The summed E-state index contributed by atoms with van der Waals surface area (Å²) < 4.78 is 30.3. The van der Waals surface area contributed by atoms with Crippen molar-refractivity contribution in [2.24, 2.45) is 0 Å². The molecule has 0 aliphatic heterocycles. The van der Waals surface area contributed by atoms with Gasteiger partial charge in [0, 0.05) is 17.7 Å². The van der Waals surface area contributed by atoms with Gasteiger partial charge in [0.15, 0.2) is 5.76 Å². The van der Waals surface area contributed by atoms with E-state index in [0.717, 1.165) is 62.7 Å². The maximum absolute atomic E-state index is 13.9. The Labute approximate surface area is 220 Å². The lowest BCUT2D eigenvalue weighted by atomic mass is 10.1. The van der Waals surface area contributed by atoms with Crippen LogP contribution in [0.5, 0.6) is 23.0 Å². The predicted octanol–water partition coefficient (Wildman–Crippen LogP) is 8.18. The molecule has 37 heavy (non-hydrogen) atoms. The molecule has 0 saturated carbocycles.